The third-order valence-electron chi connectivity index (χ3n) is 9.28. The average molecular weight is 741 g/mol. The summed E-state index contributed by atoms with van der Waals surface area (Å²) in [6.45, 7) is 7.93. The van der Waals surface area contributed by atoms with E-state index in [0.29, 0.717) is 25.1 Å². The van der Waals surface area contributed by atoms with Crippen LogP contribution in [-0.4, -0.2) is 109 Å². The van der Waals surface area contributed by atoms with Crippen molar-refractivity contribution in [1.29, 1.82) is 0 Å². The van der Waals surface area contributed by atoms with Crippen molar-refractivity contribution in [2.75, 3.05) is 13.2 Å². The number of carbonyl (C=O) groups excluding carboxylic acids is 6. The molecule has 290 valence electrons. The van der Waals surface area contributed by atoms with Gasteiger partial charge in [-0.1, -0.05) is 51.1 Å². The van der Waals surface area contributed by atoms with Crippen LogP contribution in [0, 0.1) is 11.8 Å². The lowest BCUT2D eigenvalue weighted by Crippen LogP contribution is -2.60. The van der Waals surface area contributed by atoms with Crippen LogP contribution in [0.5, 0.6) is 0 Å². The molecule has 3 rings (SSSR count). The number of primary amides is 1. The van der Waals surface area contributed by atoms with Gasteiger partial charge in [0.2, 0.25) is 35.4 Å². The molecule has 1 aliphatic rings. The Morgan fingerprint density at radius 1 is 0.906 bits per heavy atom. The first-order valence-electron chi connectivity index (χ1n) is 17.7. The molecule has 0 bridgehead atoms. The van der Waals surface area contributed by atoms with Crippen LogP contribution in [0.4, 0.5) is 0 Å². The van der Waals surface area contributed by atoms with Gasteiger partial charge in [-0.05, 0) is 43.6 Å². The summed E-state index contributed by atoms with van der Waals surface area (Å²) in [6.07, 6.45) is 3.77. The number of nitrogens with two attached hydrogens (primary N) is 1. The second-order valence-corrected chi connectivity index (χ2v) is 13.9. The molecular weight excluding hydrogens is 688 g/mol. The normalized spacial score (nSPS) is 17.5. The number of amides is 6. The van der Waals surface area contributed by atoms with E-state index in [9.17, 15) is 38.7 Å². The number of carboxylic acid groups (broad SMARTS) is 1. The zero-order chi connectivity index (χ0) is 39.4. The average Bonchev–Trinajstić information content (AvgIpc) is 3.78. The van der Waals surface area contributed by atoms with Crippen molar-refractivity contribution in [3.05, 3.63) is 54.1 Å². The van der Waals surface area contributed by atoms with E-state index in [1.165, 1.54) is 24.9 Å². The van der Waals surface area contributed by atoms with Gasteiger partial charge in [-0.15, -0.1) is 0 Å². The lowest BCUT2D eigenvalue weighted by Gasteiger charge is -2.29. The number of hydrogen-bond acceptors (Lipinski definition) is 9. The van der Waals surface area contributed by atoms with Crippen LogP contribution < -0.4 is 27.0 Å². The van der Waals surface area contributed by atoms with Crippen molar-refractivity contribution in [2.24, 2.45) is 17.6 Å². The lowest BCUT2D eigenvalue weighted by molar-refractivity contribution is -0.139. The molecule has 17 heteroatoms. The number of nitrogens with one attached hydrogen (secondary N) is 4. The number of nitrogens with zero attached hydrogens (tertiary/aromatic N) is 3. The molecule has 17 nitrogen and oxygen atoms in total. The van der Waals surface area contributed by atoms with Crippen molar-refractivity contribution in [2.45, 2.75) is 103 Å². The van der Waals surface area contributed by atoms with Gasteiger partial charge in [0.15, 0.2) is 0 Å². The molecule has 1 aromatic heterocycles. The highest BCUT2D eigenvalue weighted by atomic mass is 16.4. The second-order valence-electron chi connectivity index (χ2n) is 13.9. The van der Waals surface area contributed by atoms with Crippen LogP contribution in [0.25, 0.3) is 0 Å². The molecule has 0 spiro atoms. The van der Waals surface area contributed by atoms with E-state index in [1.54, 1.807) is 6.33 Å². The second kappa shape index (κ2) is 19.5. The van der Waals surface area contributed by atoms with Crippen LogP contribution in [0.2, 0.25) is 0 Å². The van der Waals surface area contributed by atoms with E-state index < -0.39 is 84.7 Å². The van der Waals surface area contributed by atoms with Gasteiger partial charge in [-0.25, -0.2) is 4.98 Å². The molecule has 7 atom stereocenters. The Morgan fingerprint density at radius 3 is 2.11 bits per heavy atom. The first-order chi connectivity index (χ1) is 25.0. The fraction of sp³-hybridized carbons (Fsp3) is 0.556. The molecule has 0 radical (unpaired) electrons. The zero-order valence-corrected chi connectivity index (χ0v) is 30.8. The van der Waals surface area contributed by atoms with Crippen molar-refractivity contribution in [3.8, 4) is 0 Å². The van der Waals surface area contributed by atoms with Gasteiger partial charge in [0.25, 0.3) is 0 Å². The van der Waals surface area contributed by atoms with Crippen LogP contribution >= 0.6 is 0 Å². The molecule has 0 aliphatic carbocycles. The Kier molecular flexibility index (Phi) is 15.5. The number of hydrogen-bond donors (Lipinski definition) is 7. The van der Waals surface area contributed by atoms with Crippen LogP contribution in [0.3, 0.4) is 0 Å². The van der Waals surface area contributed by atoms with Crippen LogP contribution in [0.15, 0.2) is 42.9 Å². The summed E-state index contributed by atoms with van der Waals surface area (Å²) >= 11 is 0. The molecule has 1 unspecified atom stereocenters. The van der Waals surface area contributed by atoms with Gasteiger partial charge < -0.3 is 46.7 Å². The Labute approximate surface area is 308 Å². The van der Waals surface area contributed by atoms with Gasteiger partial charge in [-0.2, -0.15) is 0 Å². The van der Waals surface area contributed by atoms with E-state index >= 15 is 0 Å². The molecule has 53 heavy (non-hydrogen) atoms. The van der Waals surface area contributed by atoms with Crippen molar-refractivity contribution >= 4 is 41.4 Å². The molecule has 1 aromatic carbocycles. The Morgan fingerprint density at radius 2 is 1.53 bits per heavy atom. The number of carbonyl (C=O) groups is 7. The minimum absolute atomic E-state index is 0.0665. The zero-order valence-electron chi connectivity index (χ0n) is 30.8. The third-order valence-corrected chi connectivity index (χ3v) is 9.28. The van der Waals surface area contributed by atoms with Crippen molar-refractivity contribution in [3.63, 3.8) is 0 Å². The van der Waals surface area contributed by atoms with Gasteiger partial charge in [0.1, 0.15) is 30.2 Å². The highest BCUT2D eigenvalue weighted by Crippen LogP contribution is 2.21. The largest absolute Gasteiger partial charge is 0.481 e. The monoisotopic (exact) mass is 740 g/mol. The number of benzene rings is 1. The first kappa shape index (κ1) is 42.1. The Balaban J connectivity index is 1.91. The molecule has 2 aromatic rings. The third kappa shape index (κ3) is 11.8. The van der Waals surface area contributed by atoms with E-state index in [1.807, 2.05) is 55.7 Å². The van der Waals surface area contributed by atoms with E-state index in [0.717, 1.165) is 5.56 Å². The number of aliphatic carboxylic acids is 1. The fourth-order valence-electron chi connectivity index (χ4n) is 6.42. The summed E-state index contributed by atoms with van der Waals surface area (Å²) in [4.78, 5) is 95.7. The molecule has 1 aliphatic heterocycles. The summed E-state index contributed by atoms with van der Waals surface area (Å²) in [6, 6.07) is 3.02. The van der Waals surface area contributed by atoms with E-state index in [4.69, 9.17) is 10.8 Å². The van der Waals surface area contributed by atoms with Crippen LogP contribution in [0.1, 0.15) is 77.6 Å². The maximum absolute atomic E-state index is 14.0. The van der Waals surface area contributed by atoms with Gasteiger partial charge >= 0.3 is 5.97 Å². The minimum Gasteiger partial charge on any atom is -0.481 e. The predicted octanol–water partition coefficient (Wildman–Crippen LogP) is -0.380. The Bertz CT molecular complexity index is 1610. The number of carboxylic acids is 1. The number of rotatable bonds is 19. The molecule has 8 N–H and O–H groups in total. The highest BCUT2D eigenvalue weighted by Gasteiger charge is 2.37. The first-order valence-corrected chi connectivity index (χ1v) is 17.7. The van der Waals surface area contributed by atoms with Gasteiger partial charge in [0.05, 0.1) is 25.4 Å². The lowest BCUT2D eigenvalue weighted by atomic mass is 9.97. The smallest absolute Gasteiger partial charge is 0.303 e. The highest BCUT2D eigenvalue weighted by molar-refractivity contribution is 5.96. The summed E-state index contributed by atoms with van der Waals surface area (Å²) < 4.78 is 1.82. The van der Waals surface area contributed by atoms with Crippen LogP contribution in [-0.2, 0) is 40.0 Å². The maximum atomic E-state index is 14.0. The SMILES string of the molecule is CC(=O)N1CCC[C@H]1C(=O)N[C@@H](CC(C)C)C(=O)N[C@@H](Cc1cncn1C(C)c1ccccc1)C(=O)N[C@@H](CO)C(=O)N[C@H](C(N)=O)[C@@H](C)CC(=O)O. The number of aliphatic hydroxyl groups excluding tert-OH is 1. The molecular formula is C36H52N8O9. The predicted molar refractivity (Wildman–Crippen MR) is 191 cm³/mol. The number of imidazole rings is 1. The van der Waals surface area contributed by atoms with E-state index in [-0.39, 0.29) is 30.7 Å². The Hall–Kier alpha value is -5.32. The standard InChI is InChI=1S/C36H52N8O9/c1-20(2)14-26(40-36(53)29-12-9-13-43(29)23(5)46)33(50)39-27(16-25-17-38-19-44(25)22(4)24-10-7-6-8-11-24)34(51)41-28(18-45)35(52)42-31(32(37)49)21(3)15-30(47)48/h6-8,10-11,17,19-22,26-29,31,45H,9,12-16,18H2,1-5H3,(H2,37,49)(H,39,50)(H,40,53)(H,41,51)(H,42,52)(H,47,48)/t21-,22?,26-,27-,28-,29-,31-/m0/s1. The molecule has 2 heterocycles. The minimum atomic E-state index is -1.62. The number of aromatic nitrogens is 2. The summed E-state index contributed by atoms with van der Waals surface area (Å²) in [5, 5.41) is 29.5. The number of likely N-dealkylation sites (tertiary alicyclic amines) is 1. The quantitative estimate of drug-likeness (QED) is 0.0983. The summed E-state index contributed by atoms with van der Waals surface area (Å²) in [5.74, 6) is -6.55. The molecule has 0 saturated carbocycles. The van der Waals surface area contributed by atoms with Gasteiger partial charge in [0, 0.05) is 31.8 Å². The number of aliphatic hydroxyl groups is 1. The topological polar surface area (TPSA) is 255 Å². The van der Waals surface area contributed by atoms with Crippen molar-refractivity contribution < 1.29 is 43.8 Å². The molecule has 6 amide bonds. The molecule has 1 saturated heterocycles. The fourth-order valence-corrected chi connectivity index (χ4v) is 6.42. The van der Waals surface area contributed by atoms with Crippen molar-refractivity contribution in [1.82, 2.24) is 35.7 Å². The summed E-state index contributed by atoms with van der Waals surface area (Å²) in [5.41, 5.74) is 6.90. The summed E-state index contributed by atoms with van der Waals surface area (Å²) in [7, 11) is 0. The maximum Gasteiger partial charge on any atom is 0.303 e. The molecule has 1 fully saturated rings. The van der Waals surface area contributed by atoms with E-state index in [2.05, 4.69) is 26.3 Å². The van der Waals surface area contributed by atoms with Gasteiger partial charge in [-0.3, -0.25) is 33.6 Å².